The quantitative estimate of drug-likeness (QED) is 0.730. The number of halogens is 3. The van der Waals surface area contributed by atoms with E-state index in [0.717, 1.165) is 36.1 Å². The van der Waals surface area contributed by atoms with Crippen molar-refractivity contribution in [1.29, 1.82) is 0 Å². The number of ketones is 1. The summed E-state index contributed by atoms with van der Waals surface area (Å²) < 4.78 is 38.3. The smallest absolute Gasteiger partial charge is 0.294 e. The average Bonchev–Trinajstić information content (AvgIpc) is 2.46. The molecule has 0 unspecified atom stereocenters. The second-order valence-corrected chi connectivity index (χ2v) is 5.23. The topological polar surface area (TPSA) is 17.1 Å². The van der Waals surface area contributed by atoms with E-state index in [2.05, 4.69) is 0 Å². The van der Waals surface area contributed by atoms with Crippen LogP contribution in [0, 0.1) is 0 Å². The minimum atomic E-state index is -4.35. The van der Waals surface area contributed by atoms with Crippen LogP contribution in [0.3, 0.4) is 0 Å². The molecular weight excluding hydrogens is 277 g/mol. The van der Waals surface area contributed by atoms with E-state index in [1.807, 2.05) is 6.07 Å². The van der Waals surface area contributed by atoms with E-state index in [4.69, 9.17) is 0 Å². The van der Waals surface area contributed by atoms with Crippen molar-refractivity contribution in [2.45, 2.75) is 25.4 Å². The summed E-state index contributed by atoms with van der Waals surface area (Å²) in [6.45, 7) is 0. The second-order valence-electron chi connectivity index (χ2n) is 5.23. The number of alkyl halides is 3. The highest BCUT2D eigenvalue weighted by Gasteiger charge is 2.30. The molecule has 21 heavy (non-hydrogen) atoms. The number of fused-ring (bicyclic) bond motifs is 1. The Balaban J connectivity index is 2.03. The number of hydrogen-bond donors (Lipinski definition) is 0. The first-order chi connectivity index (χ1) is 9.95. The number of hydrogen-bond acceptors (Lipinski definition) is 1. The number of aryl methyl sites for hydroxylation is 1. The third-order valence-corrected chi connectivity index (χ3v) is 3.78. The van der Waals surface area contributed by atoms with Crippen LogP contribution in [0.2, 0.25) is 0 Å². The van der Waals surface area contributed by atoms with Crippen LogP contribution < -0.4 is 0 Å². The molecule has 2 aromatic rings. The Morgan fingerprint density at radius 3 is 2.43 bits per heavy atom. The van der Waals surface area contributed by atoms with E-state index in [9.17, 15) is 18.0 Å². The molecule has 0 radical (unpaired) electrons. The standard InChI is InChI=1S/C17H13F3O/c18-17(19,20)14-5-1-3-11(10-14)12-7-8-15-13(9-12)4-2-6-16(15)21/h1,3,5,7-10H,2,4,6H2. The van der Waals surface area contributed by atoms with Gasteiger partial charge in [0.05, 0.1) is 5.56 Å². The summed E-state index contributed by atoms with van der Waals surface area (Å²) in [5, 5.41) is 0. The lowest BCUT2D eigenvalue weighted by atomic mass is 9.88. The molecule has 0 saturated carbocycles. The molecule has 0 atom stereocenters. The van der Waals surface area contributed by atoms with Crippen molar-refractivity contribution in [3.8, 4) is 11.1 Å². The van der Waals surface area contributed by atoms with Gasteiger partial charge in [0.25, 0.3) is 0 Å². The van der Waals surface area contributed by atoms with Crippen LogP contribution >= 0.6 is 0 Å². The van der Waals surface area contributed by atoms with Crippen molar-refractivity contribution in [1.82, 2.24) is 0 Å². The molecule has 4 heteroatoms. The summed E-state index contributed by atoms with van der Waals surface area (Å²) in [5.41, 5.74) is 2.21. The molecule has 108 valence electrons. The maximum Gasteiger partial charge on any atom is 0.416 e. The van der Waals surface area contributed by atoms with Crippen LogP contribution in [0.4, 0.5) is 13.2 Å². The molecule has 0 aliphatic heterocycles. The summed E-state index contributed by atoms with van der Waals surface area (Å²) in [6, 6.07) is 10.5. The van der Waals surface area contributed by atoms with Crippen LogP contribution in [-0.2, 0) is 12.6 Å². The van der Waals surface area contributed by atoms with Gasteiger partial charge >= 0.3 is 6.18 Å². The number of carbonyl (C=O) groups excluding carboxylic acids is 1. The lowest BCUT2D eigenvalue weighted by Crippen LogP contribution is -2.10. The van der Waals surface area contributed by atoms with Crippen molar-refractivity contribution in [3.05, 3.63) is 59.2 Å². The lowest BCUT2D eigenvalue weighted by Gasteiger charge is -2.16. The second kappa shape index (κ2) is 5.02. The van der Waals surface area contributed by atoms with Crippen LogP contribution in [0.25, 0.3) is 11.1 Å². The summed E-state index contributed by atoms with van der Waals surface area (Å²) >= 11 is 0. The van der Waals surface area contributed by atoms with Crippen LogP contribution in [0.5, 0.6) is 0 Å². The Labute approximate surface area is 120 Å². The predicted octanol–water partition coefficient (Wildman–Crippen LogP) is 4.89. The Bertz CT molecular complexity index is 701. The highest BCUT2D eigenvalue weighted by Crippen LogP contribution is 2.33. The van der Waals surface area contributed by atoms with Crippen LogP contribution in [-0.4, -0.2) is 5.78 Å². The zero-order chi connectivity index (χ0) is 15.0. The van der Waals surface area contributed by atoms with Gasteiger partial charge in [-0.2, -0.15) is 13.2 Å². The molecule has 0 aromatic heterocycles. The maximum atomic E-state index is 12.8. The largest absolute Gasteiger partial charge is 0.416 e. The SMILES string of the molecule is O=C1CCCc2cc(-c3cccc(C(F)(F)F)c3)ccc21. The normalized spacial score (nSPS) is 14.9. The molecule has 2 aromatic carbocycles. The van der Waals surface area contributed by atoms with E-state index in [1.54, 1.807) is 18.2 Å². The fourth-order valence-corrected chi connectivity index (χ4v) is 2.70. The van der Waals surface area contributed by atoms with E-state index >= 15 is 0 Å². The monoisotopic (exact) mass is 290 g/mol. The van der Waals surface area contributed by atoms with E-state index in [0.29, 0.717) is 17.5 Å². The third kappa shape index (κ3) is 2.71. The summed E-state index contributed by atoms with van der Waals surface area (Å²) in [5.74, 6) is 0.117. The van der Waals surface area contributed by atoms with Gasteiger partial charge < -0.3 is 0 Å². The zero-order valence-electron chi connectivity index (χ0n) is 11.2. The molecule has 1 nitrogen and oxygen atoms in total. The number of carbonyl (C=O) groups is 1. The summed E-state index contributed by atoms with van der Waals surface area (Å²) in [6.07, 6.45) is -2.19. The van der Waals surface area contributed by atoms with Gasteiger partial charge in [0.2, 0.25) is 0 Å². The summed E-state index contributed by atoms with van der Waals surface area (Å²) in [4.78, 5) is 11.8. The van der Waals surface area contributed by atoms with Gasteiger partial charge in [0.1, 0.15) is 0 Å². The molecule has 0 amide bonds. The minimum absolute atomic E-state index is 0.117. The fourth-order valence-electron chi connectivity index (χ4n) is 2.70. The lowest BCUT2D eigenvalue weighted by molar-refractivity contribution is -0.137. The fraction of sp³-hybridized carbons (Fsp3) is 0.235. The molecule has 1 aliphatic carbocycles. The van der Waals surface area contributed by atoms with Crippen LogP contribution in [0.15, 0.2) is 42.5 Å². The number of benzene rings is 2. The van der Waals surface area contributed by atoms with Gasteiger partial charge in [-0.25, -0.2) is 0 Å². The Morgan fingerprint density at radius 1 is 0.905 bits per heavy atom. The molecular formula is C17H13F3O. The summed E-state index contributed by atoms with van der Waals surface area (Å²) in [7, 11) is 0. The van der Waals surface area contributed by atoms with Crippen molar-refractivity contribution >= 4 is 5.78 Å². The van der Waals surface area contributed by atoms with E-state index in [1.165, 1.54) is 6.07 Å². The van der Waals surface area contributed by atoms with E-state index in [-0.39, 0.29) is 5.78 Å². The molecule has 0 fully saturated rings. The Kier molecular flexibility index (Phi) is 3.32. The van der Waals surface area contributed by atoms with Crippen molar-refractivity contribution in [3.63, 3.8) is 0 Å². The third-order valence-electron chi connectivity index (χ3n) is 3.78. The molecule has 0 N–H and O–H groups in total. The highest BCUT2D eigenvalue weighted by molar-refractivity contribution is 5.99. The molecule has 0 bridgehead atoms. The molecule has 0 saturated heterocycles. The van der Waals surface area contributed by atoms with Gasteiger partial charge in [0, 0.05) is 12.0 Å². The molecule has 0 spiro atoms. The van der Waals surface area contributed by atoms with Gasteiger partial charge in [-0.15, -0.1) is 0 Å². The average molecular weight is 290 g/mol. The maximum absolute atomic E-state index is 12.8. The first kappa shape index (κ1) is 13.9. The number of Topliss-reactive ketones (excluding diaryl/α,β-unsaturated/α-hetero) is 1. The molecule has 0 heterocycles. The molecule has 3 rings (SSSR count). The predicted molar refractivity (Wildman–Crippen MR) is 74.1 cm³/mol. The van der Waals surface area contributed by atoms with Gasteiger partial charge in [-0.3, -0.25) is 4.79 Å². The first-order valence-corrected chi connectivity index (χ1v) is 6.79. The Hall–Kier alpha value is -2.10. The first-order valence-electron chi connectivity index (χ1n) is 6.79. The Morgan fingerprint density at radius 2 is 1.67 bits per heavy atom. The van der Waals surface area contributed by atoms with Gasteiger partial charge in [-0.1, -0.05) is 30.3 Å². The minimum Gasteiger partial charge on any atom is -0.294 e. The van der Waals surface area contributed by atoms with Crippen molar-refractivity contribution in [2.24, 2.45) is 0 Å². The number of rotatable bonds is 1. The van der Waals surface area contributed by atoms with Crippen molar-refractivity contribution < 1.29 is 18.0 Å². The highest BCUT2D eigenvalue weighted by atomic mass is 19.4. The molecule has 1 aliphatic rings. The van der Waals surface area contributed by atoms with Gasteiger partial charge in [-0.05, 0) is 41.7 Å². The van der Waals surface area contributed by atoms with Gasteiger partial charge in [0.15, 0.2) is 5.78 Å². The van der Waals surface area contributed by atoms with Crippen molar-refractivity contribution in [2.75, 3.05) is 0 Å². The zero-order valence-corrected chi connectivity index (χ0v) is 11.2. The van der Waals surface area contributed by atoms with E-state index < -0.39 is 11.7 Å². The van der Waals surface area contributed by atoms with Crippen LogP contribution in [0.1, 0.15) is 34.3 Å².